The number of sulfone groups is 1. The van der Waals surface area contributed by atoms with E-state index in [4.69, 9.17) is 9.47 Å². The Hall–Kier alpha value is -1.92. The summed E-state index contributed by atoms with van der Waals surface area (Å²) in [5, 5.41) is 2.42. The minimum atomic E-state index is -3.95. The van der Waals surface area contributed by atoms with Crippen LogP contribution in [0.1, 0.15) is 10.1 Å². The summed E-state index contributed by atoms with van der Waals surface area (Å²) in [6.07, 6.45) is 0. The zero-order valence-electron chi connectivity index (χ0n) is 15.0. The number of benzene rings is 1. The van der Waals surface area contributed by atoms with Crippen molar-refractivity contribution in [2.24, 2.45) is 0 Å². The average Bonchev–Trinajstić information content (AvgIpc) is 3.42. The number of nitrogens with one attached hydrogen (secondary N) is 1. The van der Waals surface area contributed by atoms with Crippen molar-refractivity contribution in [3.8, 4) is 11.5 Å². The van der Waals surface area contributed by atoms with E-state index in [1.165, 1.54) is 35.6 Å². The number of thiophene rings is 2. The Kier molecular flexibility index (Phi) is 5.67. The van der Waals surface area contributed by atoms with Crippen LogP contribution in [0.2, 0.25) is 0 Å². The zero-order chi connectivity index (χ0) is 20.5. The van der Waals surface area contributed by atoms with E-state index in [9.17, 15) is 16.8 Å². The van der Waals surface area contributed by atoms with Gasteiger partial charge in [-0.1, -0.05) is 12.1 Å². The summed E-state index contributed by atoms with van der Waals surface area (Å²) < 4.78 is 65.3. The summed E-state index contributed by atoms with van der Waals surface area (Å²) in [6.45, 7) is 0.460. The van der Waals surface area contributed by atoms with Crippen LogP contribution in [-0.2, 0) is 19.9 Å². The summed E-state index contributed by atoms with van der Waals surface area (Å²) in [6, 6.07) is 10.9. The summed E-state index contributed by atoms with van der Waals surface area (Å²) >= 11 is 2.38. The fourth-order valence-corrected chi connectivity index (χ4v) is 8.02. The van der Waals surface area contributed by atoms with Crippen LogP contribution in [0.15, 0.2) is 62.3 Å². The number of ether oxygens (including phenoxy) is 2. The van der Waals surface area contributed by atoms with Gasteiger partial charge in [0, 0.05) is 17.5 Å². The van der Waals surface area contributed by atoms with Crippen LogP contribution in [0.25, 0.3) is 0 Å². The molecule has 1 atom stereocenters. The van der Waals surface area contributed by atoms with Gasteiger partial charge in [0.1, 0.15) is 22.7 Å². The molecule has 7 nitrogen and oxygen atoms in total. The minimum Gasteiger partial charge on any atom is -0.486 e. The van der Waals surface area contributed by atoms with E-state index >= 15 is 0 Å². The van der Waals surface area contributed by atoms with Crippen LogP contribution in [-0.4, -0.2) is 36.6 Å². The van der Waals surface area contributed by atoms with Crippen molar-refractivity contribution in [1.82, 2.24) is 4.72 Å². The lowest BCUT2D eigenvalue weighted by Gasteiger charge is -2.19. The Bertz CT molecular complexity index is 1190. The topological polar surface area (TPSA) is 98.8 Å². The van der Waals surface area contributed by atoms with Crippen molar-refractivity contribution in [3.05, 3.63) is 58.1 Å². The van der Waals surface area contributed by atoms with E-state index in [-0.39, 0.29) is 15.6 Å². The van der Waals surface area contributed by atoms with Crippen LogP contribution in [0.5, 0.6) is 11.5 Å². The molecule has 3 aromatic rings. The van der Waals surface area contributed by atoms with E-state index in [0.29, 0.717) is 29.6 Å². The van der Waals surface area contributed by atoms with E-state index in [1.54, 1.807) is 29.0 Å². The molecule has 154 valence electrons. The summed E-state index contributed by atoms with van der Waals surface area (Å²) in [5.74, 6) is 0.826. The normalized spacial score (nSPS) is 15.2. The highest BCUT2D eigenvalue weighted by atomic mass is 32.2. The Labute approximate surface area is 176 Å². The zero-order valence-corrected chi connectivity index (χ0v) is 18.2. The molecule has 11 heteroatoms. The summed E-state index contributed by atoms with van der Waals surface area (Å²) in [5.41, 5.74) is 0. The summed E-state index contributed by atoms with van der Waals surface area (Å²) in [7, 11) is -7.69. The van der Waals surface area contributed by atoms with Gasteiger partial charge in [0.2, 0.25) is 10.0 Å². The highest BCUT2D eigenvalue weighted by Gasteiger charge is 2.32. The maximum absolute atomic E-state index is 13.1. The number of sulfonamides is 1. The van der Waals surface area contributed by atoms with Crippen molar-refractivity contribution < 1.29 is 26.3 Å². The van der Waals surface area contributed by atoms with Gasteiger partial charge in [-0.25, -0.2) is 21.6 Å². The second-order valence-corrected chi connectivity index (χ2v) is 12.2. The lowest BCUT2D eigenvalue weighted by Crippen LogP contribution is -2.31. The first kappa shape index (κ1) is 20.4. The number of rotatable bonds is 7. The number of fused-ring (bicyclic) bond motifs is 1. The molecule has 0 saturated carbocycles. The molecule has 0 radical (unpaired) electrons. The average molecular weight is 472 g/mol. The maximum Gasteiger partial charge on any atom is 0.240 e. The quantitative estimate of drug-likeness (QED) is 0.569. The van der Waals surface area contributed by atoms with Crippen molar-refractivity contribution in [1.29, 1.82) is 0 Å². The predicted octanol–water partition coefficient (Wildman–Crippen LogP) is 3.07. The molecular weight excluding hydrogens is 454 g/mol. The Morgan fingerprint density at radius 3 is 2.34 bits per heavy atom. The Morgan fingerprint density at radius 2 is 1.66 bits per heavy atom. The van der Waals surface area contributed by atoms with Crippen LogP contribution in [0.3, 0.4) is 0 Å². The van der Waals surface area contributed by atoms with E-state index in [2.05, 4.69) is 4.72 Å². The molecule has 1 aliphatic rings. The van der Waals surface area contributed by atoms with Gasteiger partial charge in [0.15, 0.2) is 21.3 Å². The first-order valence-electron chi connectivity index (χ1n) is 8.58. The molecule has 29 heavy (non-hydrogen) atoms. The molecule has 0 bridgehead atoms. The second kappa shape index (κ2) is 8.07. The van der Waals surface area contributed by atoms with Crippen molar-refractivity contribution in [3.63, 3.8) is 0 Å². The van der Waals surface area contributed by atoms with Gasteiger partial charge in [-0.05, 0) is 35.0 Å². The standard InChI is InChI=1S/C18H17NO6S4/c20-28(21,18-4-2-10-27-18)17(16-3-1-9-26-16)12-19-29(22,23)13-5-6-14-15(11-13)25-8-7-24-14/h1-6,9-11,17,19H,7-8,12H2. The van der Waals surface area contributed by atoms with Gasteiger partial charge in [-0.15, -0.1) is 22.7 Å². The molecule has 1 aromatic carbocycles. The number of hydrogen-bond donors (Lipinski definition) is 1. The monoisotopic (exact) mass is 471 g/mol. The third-order valence-corrected chi connectivity index (χ3v) is 10.4. The maximum atomic E-state index is 13.1. The fourth-order valence-electron chi connectivity index (χ4n) is 2.86. The minimum absolute atomic E-state index is 0.0137. The molecule has 1 N–H and O–H groups in total. The molecule has 0 saturated heterocycles. The first-order valence-corrected chi connectivity index (χ1v) is 13.4. The Morgan fingerprint density at radius 1 is 0.931 bits per heavy atom. The predicted molar refractivity (Wildman–Crippen MR) is 111 cm³/mol. The second-order valence-electron chi connectivity index (χ2n) is 6.14. The molecule has 0 spiro atoms. The van der Waals surface area contributed by atoms with Crippen LogP contribution in [0, 0.1) is 0 Å². The third-order valence-electron chi connectivity index (χ3n) is 4.29. The smallest absolute Gasteiger partial charge is 0.240 e. The molecule has 2 aromatic heterocycles. The van der Waals surface area contributed by atoms with Crippen LogP contribution >= 0.6 is 22.7 Å². The fraction of sp³-hybridized carbons (Fsp3) is 0.222. The van der Waals surface area contributed by atoms with Gasteiger partial charge in [0.25, 0.3) is 0 Å². The first-order chi connectivity index (χ1) is 13.9. The lowest BCUT2D eigenvalue weighted by atomic mass is 10.3. The SMILES string of the molecule is O=S(=O)(NCC(c1cccs1)S(=O)(=O)c1cccs1)c1ccc2c(c1)OCCO2. The van der Waals surface area contributed by atoms with Crippen molar-refractivity contribution in [2.75, 3.05) is 19.8 Å². The molecule has 0 amide bonds. The molecular formula is C18H17NO6S4. The molecule has 1 unspecified atom stereocenters. The largest absolute Gasteiger partial charge is 0.486 e. The molecule has 3 heterocycles. The van der Waals surface area contributed by atoms with Gasteiger partial charge >= 0.3 is 0 Å². The molecule has 0 fully saturated rings. The van der Waals surface area contributed by atoms with E-state index < -0.39 is 25.1 Å². The van der Waals surface area contributed by atoms with Crippen molar-refractivity contribution >= 4 is 42.5 Å². The third kappa shape index (κ3) is 4.19. The highest BCUT2D eigenvalue weighted by Crippen LogP contribution is 2.35. The lowest BCUT2D eigenvalue weighted by molar-refractivity contribution is 0.171. The van der Waals surface area contributed by atoms with Crippen LogP contribution < -0.4 is 14.2 Å². The summed E-state index contributed by atoms with van der Waals surface area (Å²) in [4.78, 5) is 0.559. The Balaban J connectivity index is 1.60. The van der Waals surface area contributed by atoms with E-state index in [0.717, 1.165) is 11.3 Å². The molecule has 4 rings (SSSR count). The molecule has 1 aliphatic heterocycles. The van der Waals surface area contributed by atoms with Crippen molar-refractivity contribution in [2.45, 2.75) is 14.4 Å². The van der Waals surface area contributed by atoms with Crippen LogP contribution in [0.4, 0.5) is 0 Å². The van der Waals surface area contributed by atoms with Gasteiger partial charge in [-0.3, -0.25) is 0 Å². The van der Waals surface area contributed by atoms with Gasteiger partial charge < -0.3 is 9.47 Å². The molecule has 0 aliphatic carbocycles. The van der Waals surface area contributed by atoms with Gasteiger partial charge in [-0.2, -0.15) is 0 Å². The highest BCUT2D eigenvalue weighted by molar-refractivity contribution is 7.94. The van der Waals surface area contributed by atoms with E-state index in [1.807, 2.05) is 0 Å². The van der Waals surface area contributed by atoms with Gasteiger partial charge in [0.05, 0.1) is 4.90 Å². The number of hydrogen-bond acceptors (Lipinski definition) is 8.